The van der Waals surface area contributed by atoms with Crippen LogP contribution in [0, 0.1) is 0 Å². The molecule has 0 amide bonds. The predicted molar refractivity (Wildman–Crippen MR) is 74.2 cm³/mol. The van der Waals surface area contributed by atoms with Crippen LogP contribution in [0.3, 0.4) is 0 Å². The molecule has 1 aliphatic rings. The topological polar surface area (TPSA) is 34.2 Å². The van der Waals surface area contributed by atoms with E-state index in [1.807, 2.05) is 0 Å². The van der Waals surface area contributed by atoms with Crippen LogP contribution in [0.5, 0.6) is 0 Å². The molecule has 0 spiro atoms. The quantitative estimate of drug-likeness (QED) is 0.865. The number of nitrogens with zero attached hydrogens (tertiary/aromatic N) is 1. The van der Waals surface area contributed by atoms with Crippen molar-refractivity contribution in [1.82, 2.24) is 4.98 Å². The summed E-state index contributed by atoms with van der Waals surface area (Å²) in [6.07, 6.45) is 3.16. The first-order valence-electron chi connectivity index (χ1n) is 5.64. The van der Waals surface area contributed by atoms with Crippen molar-refractivity contribution >= 4 is 39.0 Å². The molecule has 1 fully saturated rings. The van der Waals surface area contributed by atoms with E-state index in [1.165, 1.54) is 10.4 Å². The van der Waals surface area contributed by atoms with Gasteiger partial charge in [-0.25, -0.2) is 4.98 Å². The molecule has 5 heteroatoms. The minimum atomic E-state index is 0.459. The average molecular weight is 266 g/mol. The number of nitrogens with one attached hydrogen (secondary N) is 1. The Morgan fingerprint density at radius 2 is 2.47 bits per heavy atom. The molecule has 1 N–H and O–H groups in total. The molecule has 0 bridgehead atoms. The van der Waals surface area contributed by atoms with Gasteiger partial charge in [-0.2, -0.15) is 0 Å². The van der Waals surface area contributed by atoms with Gasteiger partial charge in [-0.1, -0.05) is 11.8 Å². The Balaban J connectivity index is 1.84. The number of benzene rings is 1. The van der Waals surface area contributed by atoms with E-state index >= 15 is 0 Å². The third-order valence-electron chi connectivity index (χ3n) is 2.84. The second-order valence-corrected chi connectivity index (χ2v) is 6.16. The Morgan fingerprint density at radius 1 is 1.53 bits per heavy atom. The molecule has 1 unspecified atom stereocenters. The standard InChI is InChI=1S/C12H14N2OS2/c1-16-12-14-10-3-2-8(6-11(10)17-12)13-9-4-5-15-7-9/h2-3,6,9,13H,4-5,7H2,1H3. The van der Waals surface area contributed by atoms with Gasteiger partial charge < -0.3 is 10.1 Å². The van der Waals surface area contributed by atoms with Crippen LogP contribution in [-0.2, 0) is 4.74 Å². The molecule has 17 heavy (non-hydrogen) atoms. The molecule has 2 heterocycles. The number of ether oxygens (including phenoxy) is 1. The van der Waals surface area contributed by atoms with Crippen molar-refractivity contribution in [3.05, 3.63) is 18.2 Å². The van der Waals surface area contributed by atoms with Gasteiger partial charge in [-0.15, -0.1) is 11.3 Å². The van der Waals surface area contributed by atoms with Crippen LogP contribution in [0.1, 0.15) is 6.42 Å². The Kier molecular flexibility index (Phi) is 3.22. The Hall–Kier alpha value is -0.780. The Bertz CT molecular complexity index is 520. The van der Waals surface area contributed by atoms with Crippen LogP contribution in [0.2, 0.25) is 0 Å². The van der Waals surface area contributed by atoms with Gasteiger partial charge in [0.1, 0.15) is 0 Å². The summed E-state index contributed by atoms with van der Waals surface area (Å²) in [6, 6.07) is 6.83. The van der Waals surface area contributed by atoms with Gasteiger partial charge in [-0.3, -0.25) is 0 Å². The number of rotatable bonds is 3. The zero-order valence-corrected chi connectivity index (χ0v) is 11.2. The van der Waals surface area contributed by atoms with Gasteiger partial charge in [0.15, 0.2) is 4.34 Å². The van der Waals surface area contributed by atoms with Gasteiger partial charge in [0, 0.05) is 12.3 Å². The van der Waals surface area contributed by atoms with E-state index in [2.05, 4.69) is 34.8 Å². The van der Waals surface area contributed by atoms with E-state index in [-0.39, 0.29) is 0 Å². The fourth-order valence-electron chi connectivity index (χ4n) is 1.96. The van der Waals surface area contributed by atoms with E-state index in [0.717, 1.165) is 29.5 Å². The maximum atomic E-state index is 5.36. The summed E-state index contributed by atoms with van der Waals surface area (Å²) in [5, 5.41) is 3.51. The summed E-state index contributed by atoms with van der Waals surface area (Å²) in [5.41, 5.74) is 2.26. The molecule has 90 valence electrons. The highest BCUT2D eigenvalue weighted by atomic mass is 32.2. The summed E-state index contributed by atoms with van der Waals surface area (Å²) in [7, 11) is 0. The van der Waals surface area contributed by atoms with Crippen molar-refractivity contribution in [2.75, 3.05) is 24.8 Å². The lowest BCUT2D eigenvalue weighted by molar-refractivity contribution is 0.195. The zero-order chi connectivity index (χ0) is 11.7. The predicted octanol–water partition coefficient (Wildman–Crippen LogP) is 3.22. The number of anilines is 1. The summed E-state index contributed by atoms with van der Waals surface area (Å²) in [4.78, 5) is 4.53. The molecule has 0 aliphatic carbocycles. The van der Waals surface area contributed by atoms with Crippen LogP contribution >= 0.6 is 23.1 Å². The van der Waals surface area contributed by atoms with Crippen molar-refractivity contribution in [1.29, 1.82) is 0 Å². The first-order chi connectivity index (χ1) is 8.35. The van der Waals surface area contributed by atoms with Gasteiger partial charge in [0.25, 0.3) is 0 Å². The first kappa shape index (κ1) is 11.3. The molecule has 3 nitrogen and oxygen atoms in total. The third-order valence-corrected chi connectivity index (χ3v) is 4.85. The van der Waals surface area contributed by atoms with E-state index in [1.54, 1.807) is 23.1 Å². The first-order valence-corrected chi connectivity index (χ1v) is 7.68. The summed E-state index contributed by atoms with van der Waals surface area (Å²) in [5.74, 6) is 0. The highest BCUT2D eigenvalue weighted by molar-refractivity contribution is 8.00. The highest BCUT2D eigenvalue weighted by Gasteiger charge is 2.15. The molecule has 1 aliphatic heterocycles. The van der Waals surface area contributed by atoms with E-state index in [9.17, 15) is 0 Å². The minimum Gasteiger partial charge on any atom is -0.380 e. The Labute approximate surface area is 109 Å². The lowest BCUT2D eigenvalue weighted by atomic mass is 10.2. The molecule has 0 saturated carbocycles. The van der Waals surface area contributed by atoms with E-state index in [4.69, 9.17) is 4.74 Å². The van der Waals surface area contributed by atoms with Crippen molar-refractivity contribution in [3.63, 3.8) is 0 Å². The van der Waals surface area contributed by atoms with Gasteiger partial charge >= 0.3 is 0 Å². The maximum absolute atomic E-state index is 5.36. The molecule has 2 aromatic rings. The number of aromatic nitrogens is 1. The fourth-order valence-corrected chi connectivity index (χ4v) is 3.49. The molecular weight excluding hydrogens is 252 g/mol. The van der Waals surface area contributed by atoms with Crippen molar-refractivity contribution in [2.24, 2.45) is 0 Å². The molecular formula is C12H14N2OS2. The number of fused-ring (bicyclic) bond motifs is 1. The number of thioether (sulfide) groups is 1. The van der Waals surface area contributed by atoms with Crippen molar-refractivity contribution < 1.29 is 4.74 Å². The van der Waals surface area contributed by atoms with E-state index in [0.29, 0.717) is 6.04 Å². The Morgan fingerprint density at radius 3 is 3.24 bits per heavy atom. The number of thiazole rings is 1. The minimum absolute atomic E-state index is 0.459. The molecule has 0 radical (unpaired) electrons. The summed E-state index contributed by atoms with van der Waals surface area (Å²) >= 11 is 3.45. The summed E-state index contributed by atoms with van der Waals surface area (Å²) < 4.78 is 7.74. The lowest BCUT2D eigenvalue weighted by Crippen LogP contribution is -2.18. The van der Waals surface area contributed by atoms with Crippen LogP contribution in [0.25, 0.3) is 10.2 Å². The molecule has 1 saturated heterocycles. The average Bonchev–Trinajstić information content (AvgIpc) is 2.96. The number of hydrogen-bond acceptors (Lipinski definition) is 5. The second-order valence-electron chi connectivity index (χ2n) is 4.07. The van der Waals surface area contributed by atoms with Crippen LogP contribution in [0.4, 0.5) is 5.69 Å². The molecule has 3 rings (SSSR count). The third kappa shape index (κ3) is 2.41. The molecule has 1 aromatic heterocycles. The highest BCUT2D eigenvalue weighted by Crippen LogP contribution is 2.30. The molecule has 1 aromatic carbocycles. The van der Waals surface area contributed by atoms with Gasteiger partial charge in [0.2, 0.25) is 0 Å². The normalized spacial score (nSPS) is 19.9. The van der Waals surface area contributed by atoms with Crippen LogP contribution < -0.4 is 5.32 Å². The second kappa shape index (κ2) is 4.84. The smallest absolute Gasteiger partial charge is 0.150 e. The van der Waals surface area contributed by atoms with E-state index < -0.39 is 0 Å². The zero-order valence-electron chi connectivity index (χ0n) is 9.60. The number of hydrogen-bond donors (Lipinski definition) is 1. The maximum Gasteiger partial charge on any atom is 0.150 e. The molecule has 1 atom stereocenters. The van der Waals surface area contributed by atoms with Gasteiger partial charge in [-0.05, 0) is 30.9 Å². The summed E-state index contributed by atoms with van der Waals surface area (Å²) in [6.45, 7) is 1.69. The lowest BCUT2D eigenvalue weighted by Gasteiger charge is -2.11. The van der Waals surface area contributed by atoms with Crippen LogP contribution in [0.15, 0.2) is 22.5 Å². The van der Waals surface area contributed by atoms with Crippen LogP contribution in [-0.4, -0.2) is 30.5 Å². The van der Waals surface area contributed by atoms with Crippen molar-refractivity contribution in [2.45, 2.75) is 16.8 Å². The SMILES string of the molecule is CSc1nc2ccc(NC3CCOC3)cc2s1. The largest absolute Gasteiger partial charge is 0.380 e. The monoisotopic (exact) mass is 266 g/mol. The fraction of sp³-hybridized carbons (Fsp3) is 0.417. The van der Waals surface area contributed by atoms with Crippen molar-refractivity contribution in [3.8, 4) is 0 Å². The van der Waals surface area contributed by atoms with Gasteiger partial charge in [0.05, 0.1) is 22.9 Å².